The molecule has 1 aromatic heterocycles. The van der Waals surface area contributed by atoms with Gasteiger partial charge in [-0.1, -0.05) is 26.0 Å². The Bertz CT molecular complexity index is 520. The lowest BCUT2D eigenvalue weighted by Gasteiger charge is -2.08. The maximum absolute atomic E-state index is 5.73. The first-order valence-corrected chi connectivity index (χ1v) is 7.85. The minimum Gasteiger partial charge on any atom is -0.486 e. The molecule has 1 N–H and O–H groups in total. The van der Waals surface area contributed by atoms with E-state index >= 15 is 0 Å². The van der Waals surface area contributed by atoms with Crippen LogP contribution in [0.4, 0.5) is 0 Å². The number of benzene rings is 1. The third kappa shape index (κ3) is 4.94. The van der Waals surface area contributed by atoms with Crippen LogP contribution in [0.1, 0.15) is 30.1 Å². The van der Waals surface area contributed by atoms with Crippen molar-refractivity contribution in [3.8, 4) is 5.75 Å². The Labute approximate surface area is 125 Å². The highest BCUT2D eigenvalue weighted by atomic mass is 32.1. The molecule has 1 aromatic carbocycles. The van der Waals surface area contributed by atoms with Crippen LogP contribution >= 0.6 is 11.3 Å². The lowest BCUT2D eigenvalue weighted by atomic mass is 10.2. The zero-order valence-corrected chi connectivity index (χ0v) is 13.2. The van der Waals surface area contributed by atoms with Crippen molar-refractivity contribution in [3.05, 3.63) is 45.9 Å². The van der Waals surface area contributed by atoms with Crippen LogP contribution in [0.3, 0.4) is 0 Å². The summed E-state index contributed by atoms with van der Waals surface area (Å²) in [6, 6.07) is 8.26. The van der Waals surface area contributed by atoms with Crippen LogP contribution in [0.25, 0.3) is 0 Å². The highest BCUT2D eigenvalue weighted by Crippen LogP contribution is 2.16. The molecule has 2 aromatic rings. The van der Waals surface area contributed by atoms with Crippen LogP contribution in [0.5, 0.6) is 5.75 Å². The molecule has 0 aliphatic heterocycles. The second-order valence-corrected chi connectivity index (χ2v) is 6.28. The number of hydrogen-bond acceptors (Lipinski definition) is 4. The van der Waals surface area contributed by atoms with Crippen molar-refractivity contribution in [1.82, 2.24) is 10.3 Å². The highest BCUT2D eigenvalue weighted by molar-refractivity contribution is 7.09. The van der Waals surface area contributed by atoms with Gasteiger partial charge in [0.2, 0.25) is 0 Å². The van der Waals surface area contributed by atoms with Crippen LogP contribution in [0.15, 0.2) is 29.6 Å². The molecule has 108 valence electrons. The van der Waals surface area contributed by atoms with Crippen LogP contribution in [-0.2, 0) is 13.2 Å². The normalized spacial score (nSPS) is 11.0. The number of nitrogens with one attached hydrogen (secondary N) is 1. The number of thiazole rings is 1. The highest BCUT2D eigenvalue weighted by Gasteiger charge is 2.01. The van der Waals surface area contributed by atoms with Gasteiger partial charge < -0.3 is 10.1 Å². The zero-order chi connectivity index (χ0) is 14.4. The van der Waals surface area contributed by atoms with Crippen LogP contribution < -0.4 is 10.1 Å². The van der Waals surface area contributed by atoms with E-state index < -0.39 is 0 Å². The average Bonchev–Trinajstić information content (AvgIpc) is 2.83. The van der Waals surface area contributed by atoms with E-state index in [1.54, 1.807) is 11.3 Å². The lowest BCUT2D eigenvalue weighted by molar-refractivity contribution is 0.305. The van der Waals surface area contributed by atoms with E-state index in [2.05, 4.69) is 36.3 Å². The minimum absolute atomic E-state index is 0.545. The summed E-state index contributed by atoms with van der Waals surface area (Å²) in [4.78, 5) is 4.38. The smallest absolute Gasteiger partial charge is 0.140 e. The fourth-order valence-electron chi connectivity index (χ4n) is 1.82. The third-order valence-corrected chi connectivity index (χ3v) is 3.77. The van der Waals surface area contributed by atoms with Crippen molar-refractivity contribution in [2.24, 2.45) is 5.92 Å². The van der Waals surface area contributed by atoms with Crippen molar-refractivity contribution >= 4 is 11.3 Å². The maximum Gasteiger partial charge on any atom is 0.140 e. The van der Waals surface area contributed by atoms with Crippen molar-refractivity contribution in [3.63, 3.8) is 0 Å². The Kier molecular flexibility index (Phi) is 5.56. The van der Waals surface area contributed by atoms with Crippen molar-refractivity contribution in [2.75, 3.05) is 6.54 Å². The molecule has 3 nitrogen and oxygen atoms in total. The Morgan fingerprint density at radius 3 is 2.60 bits per heavy atom. The first-order valence-electron chi connectivity index (χ1n) is 6.97. The van der Waals surface area contributed by atoms with E-state index in [1.807, 2.05) is 24.4 Å². The van der Waals surface area contributed by atoms with E-state index in [9.17, 15) is 0 Å². The fourth-order valence-corrected chi connectivity index (χ4v) is 2.51. The van der Waals surface area contributed by atoms with Crippen LogP contribution in [0.2, 0.25) is 0 Å². The van der Waals surface area contributed by atoms with Crippen molar-refractivity contribution in [1.29, 1.82) is 0 Å². The summed E-state index contributed by atoms with van der Waals surface area (Å²) in [6.07, 6.45) is 0. The summed E-state index contributed by atoms with van der Waals surface area (Å²) in [5.74, 6) is 1.57. The van der Waals surface area contributed by atoms with Crippen molar-refractivity contribution < 1.29 is 4.74 Å². The van der Waals surface area contributed by atoms with E-state index in [0.29, 0.717) is 12.5 Å². The predicted molar refractivity (Wildman–Crippen MR) is 84.2 cm³/mol. The number of rotatable bonds is 7. The molecule has 0 unspecified atom stereocenters. The van der Waals surface area contributed by atoms with Crippen molar-refractivity contribution in [2.45, 2.75) is 33.9 Å². The van der Waals surface area contributed by atoms with Gasteiger partial charge in [0.15, 0.2) is 0 Å². The first kappa shape index (κ1) is 15.0. The molecular weight excluding hydrogens is 268 g/mol. The van der Waals surface area contributed by atoms with Crippen LogP contribution in [0, 0.1) is 12.8 Å². The maximum atomic E-state index is 5.73. The van der Waals surface area contributed by atoms with Gasteiger partial charge in [0.1, 0.15) is 17.4 Å². The molecule has 0 fully saturated rings. The molecule has 1 heterocycles. The van der Waals surface area contributed by atoms with E-state index in [0.717, 1.165) is 29.5 Å². The molecule has 20 heavy (non-hydrogen) atoms. The number of aromatic nitrogens is 1. The van der Waals surface area contributed by atoms with Gasteiger partial charge in [0, 0.05) is 17.6 Å². The average molecular weight is 290 g/mol. The Morgan fingerprint density at radius 2 is 2.00 bits per heavy atom. The van der Waals surface area contributed by atoms with Gasteiger partial charge in [0.25, 0.3) is 0 Å². The molecule has 0 atom stereocenters. The molecule has 0 amide bonds. The summed E-state index contributed by atoms with van der Waals surface area (Å²) in [5.41, 5.74) is 2.34. The summed E-state index contributed by atoms with van der Waals surface area (Å²) in [7, 11) is 0. The molecule has 0 aliphatic carbocycles. The van der Waals surface area contributed by atoms with Gasteiger partial charge in [-0.05, 0) is 37.1 Å². The van der Waals surface area contributed by atoms with Gasteiger partial charge in [-0.25, -0.2) is 4.98 Å². The minimum atomic E-state index is 0.545. The Hall–Kier alpha value is -1.39. The monoisotopic (exact) mass is 290 g/mol. The molecule has 0 radical (unpaired) electrons. The van der Waals surface area contributed by atoms with E-state index in [1.165, 1.54) is 5.56 Å². The summed E-state index contributed by atoms with van der Waals surface area (Å²) >= 11 is 1.64. The second-order valence-electron chi connectivity index (χ2n) is 5.34. The van der Waals surface area contributed by atoms with Gasteiger partial charge in [-0.2, -0.15) is 0 Å². The zero-order valence-electron chi connectivity index (χ0n) is 12.3. The predicted octanol–water partition coefficient (Wildman–Crippen LogP) is 3.78. The molecule has 0 bridgehead atoms. The van der Waals surface area contributed by atoms with Gasteiger partial charge >= 0.3 is 0 Å². The van der Waals surface area contributed by atoms with Gasteiger partial charge in [0.05, 0.1) is 0 Å². The topological polar surface area (TPSA) is 34.1 Å². The molecule has 0 aliphatic rings. The lowest BCUT2D eigenvalue weighted by Crippen LogP contribution is -2.18. The second kappa shape index (κ2) is 7.41. The first-order chi connectivity index (χ1) is 9.63. The standard InChI is InChI=1S/C16H22N2OS/c1-12(2)8-17-9-14-4-6-15(7-5-14)19-10-16-18-13(3)11-20-16/h4-7,11-12,17H,8-10H2,1-3H3. The molecule has 2 rings (SSSR count). The van der Waals surface area contributed by atoms with Crippen LogP contribution in [-0.4, -0.2) is 11.5 Å². The largest absolute Gasteiger partial charge is 0.486 e. The van der Waals surface area contributed by atoms with E-state index in [-0.39, 0.29) is 0 Å². The third-order valence-electron chi connectivity index (χ3n) is 2.83. The Morgan fingerprint density at radius 1 is 1.25 bits per heavy atom. The van der Waals surface area contributed by atoms with Gasteiger partial charge in [-0.3, -0.25) is 0 Å². The fraction of sp³-hybridized carbons (Fsp3) is 0.438. The molecule has 0 spiro atoms. The summed E-state index contributed by atoms with van der Waals surface area (Å²) < 4.78 is 5.73. The number of hydrogen-bond donors (Lipinski definition) is 1. The number of aryl methyl sites for hydroxylation is 1. The van der Waals surface area contributed by atoms with Gasteiger partial charge in [-0.15, -0.1) is 11.3 Å². The SMILES string of the molecule is Cc1csc(COc2ccc(CNCC(C)C)cc2)n1. The molecule has 0 saturated carbocycles. The summed E-state index contributed by atoms with van der Waals surface area (Å²) in [5, 5.41) is 6.49. The molecule has 0 saturated heterocycles. The molecule has 4 heteroatoms. The Balaban J connectivity index is 1.79. The number of ether oxygens (including phenoxy) is 1. The quantitative estimate of drug-likeness (QED) is 0.842. The summed E-state index contributed by atoms with van der Waals surface area (Å²) in [6.45, 7) is 8.92. The van der Waals surface area contributed by atoms with E-state index in [4.69, 9.17) is 4.74 Å². The molecular formula is C16H22N2OS. The number of nitrogens with zero attached hydrogens (tertiary/aromatic N) is 1.